The zero-order chi connectivity index (χ0) is 13.8. The normalized spacial score (nSPS) is 10.2. The third kappa shape index (κ3) is 8.18. The summed E-state index contributed by atoms with van der Waals surface area (Å²) in [4.78, 5) is 11.4. The van der Waals surface area contributed by atoms with Crippen LogP contribution in [0.25, 0.3) is 0 Å². The molecule has 1 aromatic carbocycles. The number of urea groups is 1. The van der Waals surface area contributed by atoms with Gasteiger partial charge in [-0.2, -0.15) is 0 Å². The molecule has 0 saturated carbocycles. The van der Waals surface area contributed by atoms with Crippen molar-refractivity contribution in [2.24, 2.45) is 0 Å². The van der Waals surface area contributed by atoms with Gasteiger partial charge in [0.25, 0.3) is 0 Å². The second kappa shape index (κ2) is 10.3. The number of aliphatic hydroxyl groups is 1. The van der Waals surface area contributed by atoms with E-state index in [1.165, 1.54) is 5.56 Å². The van der Waals surface area contributed by atoms with Crippen molar-refractivity contribution in [1.29, 1.82) is 0 Å². The molecule has 0 fully saturated rings. The molecule has 0 radical (unpaired) electrons. The van der Waals surface area contributed by atoms with Crippen LogP contribution in [0.15, 0.2) is 30.3 Å². The van der Waals surface area contributed by atoms with Gasteiger partial charge in [-0.3, -0.25) is 0 Å². The Hall–Kier alpha value is -1.59. The molecular formula is C14H22N2O3. The first-order chi connectivity index (χ1) is 9.33. The van der Waals surface area contributed by atoms with Gasteiger partial charge in [0.2, 0.25) is 0 Å². The highest BCUT2D eigenvalue weighted by Gasteiger charge is 1.98. The predicted molar refractivity (Wildman–Crippen MR) is 74.1 cm³/mol. The number of aryl methyl sites for hydroxylation is 1. The Balaban J connectivity index is 1.95. The average Bonchev–Trinajstić information content (AvgIpc) is 2.44. The van der Waals surface area contributed by atoms with E-state index in [9.17, 15) is 4.79 Å². The van der Waals surface area contributed by atoms with Crippen LogP contribution in [0.3, 0.4) is 0 Å². The topological polar surface area (TPSA) is 70.6 Å². The number of rotatable bonds is 9. The zero-order valence-corrected chi connectivity index (χ0v) is 11.1. The lowest BCUT2D eigenvalue weighted by atomic mass is 10.1. The molecule has 0 spiro atoms. The number of aliphatic hydroxyl groups excluding tert-OH is 1. The SMILES string of the molecule is O=C(NCCCc1ccccc1)NCCOCCO. The van der Waals surface area contributed by atoms with Gasteiger partial charge in [-0.1, -0.05) is 30.3 Å². The fourth-order valence-corrected chi connectivity index (χ4v) is 1.60. The second-order valence-electron chi connectivity index (χ2n) is 4.11. The maximum atomic E-state index is 11.4. The number of carbonyl (C=O) groups excluding carboxylic acids is 1. The summed E-state index contributed by atoms with van der Waals surface area (Å²) in [6.45, 7) is 1.83. The van der Waals surface area contributed by atoms with Crippen LogP contribution in [0, 0.1) is 0 Å². The van der Waals surface area contributed by atoms with E-state index >= 15 is 0 Å². The largest absolute Gasteiger partial charge is 0.394 e. The molecule has 1 rings (SSSR count). The summed E-state index contributed by atoms with van der Waals surface area (Å²) in [6, 6.07) is 10.0. The molecule has 0 aliphatic carbocycles. The summed E-state index contributed by atoms with van der Waals surface area (Å²) in [7, 11) is 0. The van der Waals surface area contributed by atoms with Gasteiger partial charge in [-0.25, -0.2) is 4.79 Å². The molecule has 1 aromatic rings. The molecule has 0 saturated heterocycles. The van der Waals surface area contributed by atoms with E-state index in [0.717, 1.165) is 12.8 Å². The van der Waals surface area contributed by atoms with Gasteiger partial charge in [0.15, 0.2) is 0 Å². The fourth-order valence-electron chi connectivity index (χ4n) is 1.60. The highest BCUT2D eigenvalue weighted by atomic mass is 16.5. The summed E-state index contributed by atoms with van der Waals surface area (Å²) in [5, 5.41) is 14.0. The first-order valence-corrected chi connectivity index (χ1v) is 6.57. The molecule has 106 valence electrons. The van der Waals surface area contributed by atoms with Crippen LogP contribution in [0.5, 0.6) is 0 Å². The van der Waals surface area contributed by atoms with Crippen molar-refractivity contribution in [3.63, 3.8) is 0 Å². The fraction of sp³-hybridized carbons (Fsp3) is 0.500. The monoisotopic (exact) mass is 266 g/mol. The smallest absolute Gasteiger partial charge is 0.314 e. The van der Waals surface area contributed by atoms with Crippen LogP contribution in [0.2, 0.25) is 0 Å². The van der Waals surface area contributed by atoms with Gasteiger partial charge >= 0.3 is 6.03 Å². The van der Waals surface area contributed by atoms with E-state index in [1.807, 2.05) is 18.2 Å². The molecule has 0 bridgehead atoms. The number of amides is 2. The highest BCUT2D eigenvalue weighted by Crippen LogP contribution is 2.01. The molecule has 5 nitrogen and oxygen atoms in total. The van der Waals surface area contributed by atoms with E-state index in [0.29, 0.717) is 26.3 Å². The van der Waals surface area contributed by atoms with Gasteiger partial charge in [0.1, 0.15) is 0 Å². The van der Waals surface area contributed by atoms with Gasteiger partial charge in [-0.05, 0) is 18.4 Å². The minimum Gasteiger partial charge on any atom is -0.394 e. The van der Waals surface area contributed by atoms with Crippen LogP contribution < -0.4 is 10.6 Å². The molecule has 0 atom stereocenters. The maximum Gasteiger partial charge on any atom is 0.314 e. The lowest BCUT2D eigenvalue weighted by Gasteiger charge is -2.07. The number of hydrogen-bond donors (Lipinski definition) is 3. The number of nitrogens with one attached hydrogen (secondary N) is 2. The maximum absolute atomic E-state index is 11.4. The van der Waals surface area contributed by atoms with Crippen molar-refractivity contribution in [2.75, 3.05) is 32.9 Å². The molecule has 0 aliphatic heterocycles. The van der Waals surface area contributed by atoms with Crippen molar-refractivity contribution in [3.05, 3.63) is 35.9 Å². The third-order valence-corrected chi connectivity index (χ3v) is 2.54. The molecule has 3 N–H and O–H groups in total. The number of ether oxygens (including phenoxy) is 1. The van der Waals surface area contributed by atoms with Crippen LogP contribution >= 0.6 is 0 Å². The Morgan fingerprint density at radius 3 is 2.58 bits per heavy atom. The van der Waals surface area contributed by atoms with Gasteiger partial charge in [0.05, 0.1) is 19.8 Å². The number of hydrogen-bond acceptors (Lipinski definition) is 3. The molecule has 5 heteroatoms. The van der Waals surface area contributed by atoms with Gasteiger partial charge in [0, 0.05) is 13.1 Å². The summed E-state index contributed by atoms with van der Waals surface area (Å²) >= 11 is 0. The highest BCUT2D eigenvalue weighted by molar-refractivity contribution is 5.73. The van der Waals surface area contributed by atoms with Gasteiger partial charge < -0.3 is 20.5 Å². The minimum atomic E-state index is -0.180. The molecule has 0 unspecified atom stereocenters. The van der Waals surface area contributed by atoms with E-state index in [-0.39, 0.29) is 12.6 Å². The van der Waals surface area contributed by atoms with E-state index in [4.69, 9.17) is 9.84 Å². The van der Waals surface area contributed by atoms with Gasteiger partial charge in [-0.15, -0.1) is 0 Å². The van der Waals surface area contributed by atoms with Crippen molar-refractivity contribution in [3.8, 4) is 0 Å². The summed E-state index contributed by atoms with van der Waals surface area (Å²) in [5.41, 5.74) is 1.28. The van der Waals surface area contributed by atoms with Crippen LogP contribution in [0.4, 0.5) is 4.79 Å². The Morgan fingerprint density at radius 2 is 1.84 bits per heavy atom. The molecule has 0 aliphatic rings. The number of benzene rings is 1. The first kappa shape index (κ1) is 15.5. The van der Waals surface area contributed by atoms with E-state index < -0.39 is 0 Å². The summed E-state index contributed by atoms with van der Waals surface area (Å²) in [6.07, 6.45) is 1.87. The Morgan fingerprint density at radius 1 is 1.11 bits per heavy atom. The minimum absolute atomic E-state index is 0.00564. The van der Waals surface area contributed by atoms with Crippen LogP contribution in [-0.4, -0.2) is 44.0 Å². The lowest BCUT2D eigenvalue weighted by molar-refractivity contribution is 0.0947. The predicted octanol–water partition coefficient (Wildman–Crippen LogP) is 0.927. The Labute approximate surface area is 114 Å². The van der Waals surface area contributed by atoms with Crippen LogP contribution in [-0.2, 0) is 11.2 Å². The second-order valence-corrected chi connectivity index (χ2v) is 4.11. The molecule has 0 heterocycles. The van der Waals surface area contributed by atoms with Crippen molar-refractivity contribution in [2.45, 2.75) is 12.8 Å². The zero-order valence-electron chi connectivity index (χ0n) is 11.1. The lowest BCUT2D eigenvalue weighted by Crippen LogP contribution is -2.37. The molecule has 0 aromatic heterocycles. The number of carbonyl (C=O) groups is 1. The quantitative estimate of drug-likeness (QED) is 0.582. The summed E-state index contributed by atoms with van der Waals surface area (Å²) < 4.78 is 5.02. The Bertz CT molecular complexity index is 344. The average molecular weight is 266 g/mol. The summed E-state index contributed by atoms with van der Waals surface area (Å²) in [5.74, 6) is 0. The van der Waals surface area contributed by atoms with E-state index in [2.05, 4.69) is 22.8 Å². The molecule has 19 heavy (non-hydrogen) atoms. The van der Waals surface area contributed by atoms with Crippen molar-refractivity contribution < 1.29 is 14.6 Å². The van der Waals surface area contributed by atoms with Crippen molar-refractivity contribution >= 4 is 6.03 Å². The van der Waals surface area contributed by atoms with Crippen LogP contribution in [0.1, 0.15) is 12.0 Å². The molecular weight excluding hydrogens is 244 g/mol. The molecule has 2 amide bonds. The standard InChI is InChI=1S/C14H22N2O3/c17-10-12-19-11-9-16-14(18)15-8-4-7-13-5-2-1-3-6-13/h1-3,5-6,17H,4,7-12H2,(H2,15,16,18). The Kier molecular flexibility index (Phi) is 8.42. The van der Waals surface area contributed by atoms with Crippen molar-refractivity contribution in [1.82, 2.24) is 10.6 Å². The first-order valence-electron chi connectivity index (χ1n) is 6.57. The van der Waals surface area contributed by atoms with E-state index in [1.54, 1.807) is 0 Å². The third-order valence-electron chi connectivity index (χ3n) is 2.54.